The van der Waals surface area contributed by atoms with Crippen LogP contribution in [0.4, 0.5) is 4.79 Å². The molecule has 8 heteroatoms. The molecule has 27 heavy (non-hydrogen) atoms. The van der Waals surface area contributed by atoms with Crippen molar-refractivity contribution < 1.29 is 14.3 Å². The van der Waals surface area contributed by atoms with E-state index in [1.807, 2.05) is 23.1 Å². The Bertz CT molecular complexity index is 795. The first-order valence-electron chi connectivity index (χ1n) is 9.25. The largest absolute Gasteiger partial charge is 0.447 e. The van der Waals surface area contributed by atoms with Crippen molar-refractivity contribution in [3.05, 3.63) is 48.5 Å². The molecule has 2 aromatic rings. The molecule has 0 aliphatic carbocycles. The van der Waals surface area contributed by atoms with Gasteiger partial charge in [0, 0.05) is 39.0 Å². The SMILES string of the molecule is O=C(CCCn1cncn1)N1CCN2C(=O)OCC2(Cc2ccccc2)C1. The summed E-state index contributed by atoms with van der Waals surface area (Å²) in [5, 5.41) is 4.06. The Morgan fingerprint density at radius 1 is 1.22 bits per heavy atom. The fraction of sp³-hybridized carbons (Fsp3) is 0.474. The number of aryl methyl sites for hydroxylation is 1. The molecule has 1 aromatic carbocycles. The van der Waals surface area contributed by atoms with Gasteiger partial charge in [0.1, 0.15) is 24.8 Å². The van der Waals surface area contributed by atoms with E-state index in [1.54, 1.807) is 15.9 Å². The van der Waals surface area contributed by atoms with Crippen LogP contribution in [0.15, 0.2) is 43.0 Å². The standard InChI is InChI=1S/C19H23N5O3/c25-17(7-4-8-23-15-20-14-21-23)22-9-10-24-18(26)27-13-19(24,12-22)11-16-5-2-1-3-6-16/h1-3,5-6,14-15H,4,7-13H2. The molecule has 0 radical (unpaired) electrons. The van der Waals surface area contributed by atoms with E-state index in [4.69, 9.17) is 4.74 Å². The summed E-state index contributed by atoms with van der Waals surface area (Å²) < 4.78 is 7.09. The molecule has 0 spiro atoms. The highest BCUT2D eigenvalue weighted by atomic mass is 16.6. The van der Waals surface area contributed by atoms with Gasteiger partial charge in [-0.25, -0.2) is 9.78 Å². The molecule has 4 rings (SSSR count). The Labute approximate surface area is 157 Å². The van der Waals surface area contributed by atoms with Crippen LogP contribution in [0.1, 0.15) is 18.4 Å². The van der Waals surface area contributed by atoms with Crippen LogP contribution in [0.25, 0.3) is 0 Å². The molecule has 2 amide bonds. The van der Waals surface area contributed by atoms with Gasteiger partial charge in [0.15, 0.2) is 0 Å². The summed E-state index contributed by atoms with van der Waals surface area (Å²) in [7, 11) is 0. The van der Waals surface area contributed by atoms with Gasteiger partial charge in [0.25, 0.3) is 0 Å². The van der Waals surface area contributed by atoms with Crippen molar-refractivity contribution in [1.29, 1.82) is 0 Å². The second-order valence-corrected chi connectivity index (χ2v) is 7.17. The smallest absolute Gasteiger partial charge is 0.410 e. The normalized spacial score (nSPS) is 21.9. The molecule has 2 saturated heterocycles. The third kappa shape index (κ3) is 3.65. The van der Waals surface area contributed by atoms with E-state index in [-0.39, 0.29) is 12.0 Å². The summed E-state index contributed by atoms with van der Waals surface area (Å²) >= 11 is 0. The molecule has 2 fully saturated rings. The van der Waals surface area contributed by atoms with Crippen LogP contribution in [-0.2, 0) is 22.5 Å². The van der Waals surface area contributed by atoms with Gasteiger partial charge >= 0.3 is 6.09 Å². The highest BCUT2D eigenvalue weighted by molar-refractivity contribution is 5.78. The maximum Gasteiger partial charge on any atom is 0.410 e. The van der Waals surface area contributed by atoms with Crippen LogP contribution in [0.5, 0.6) is 0 Å². The maximum absolute atomic E-state index is 12.7. The van der Waals surface area contributed by atoms with Gasteiger partial charge in [0.2, 0.25) is 5.91 Å². The number of nitrogens with zero attached hydrogens (tertiary/aromatic N) is 5. The fourth-order valence-electron chi connectivity index (χ4n) is 3.95. The number of amides is 2. The Hall–Kier alpha value is -2.90. The molecular formula is C19H23N5O3. The Balaban J connectivity index is 1.42. The summed E-state index contributed by atoms with van der Waals surface area (Å²) in [6, 6.07) is 10.1. The van der Waals surface area contributed by atoms with Crippen molar-refractivity contribution in [3.63, 3.8) is 0 Å². The van der Waals surface area contributed by atoms with E-state index >= 15 is 0 Å². The number of carbonyl (C=O) groups excluding carboxylic acids is 2. The second-order valence-electron chi connectivity index (χ2n) is 7.17. The average molecular weight is 369 g/mol. The van der Waals surface area contributed by atoms with Crippen LogP contribution in [0, 0.1) is 0 Å². The van der Waals surface area contributed by atoms with Gasteiger partial charge in [-0.15, -0.1) is 0 Å². The molecule has 2 aliphatic heterocycles. The maximum atomic E-state index is 12.7. The number of carbonyl (C=O) groups is 2. The number of ether oxygens (including phenoxy) is 1. The fourth-order valence-corrected chi connectivity index (χ4v) is 3.95. The number of aromatic nitrogens is 3. The summed E-state index contributed by atoms with van der Waals surface area (Å²) in [6.07, 6.45) is 4.72. The predicted octanol–water partition coefficient (Wildman–Crippen LogP) is 1.33. The number of rotatable bonds is 6. The topological polar surface area (TPSA) is 80.6 Å². The molecule has 3 heterocycles. The van der Waals surface area contributed by atoms with Gasteiger partial charge in [0.05, 0.1) is 0 Å². The van der Waals surface area contributed by atoms with Crippen LogP contribution in [0.2, 0.25) is 0 Å². The van der Waals surface area contributed by atoms with E-state index in [9.17, 15) is 9.59 Å². The van der Waals surface area contributed by atoms with Gasteiger partial charge in [-0.1, -0.05) is 30.3 Å². The molecule has 1 unspecified atom stereocenters. The number of fused-ring (bicyclic) bond motifs is 1. The van der Waals surface area contributed by atoms with Gasteiger partial charge in [-0.3, -0.25) is 14.4 Å². The monoisotopic (exact) mass is 369 g/mol. The van der Waals surface area contributed by atoms with Crippen molar-refractivity contribution in [2.45, 2.75) is 31.3 Å². The molecule has 2 aliphatic rings. The average Bonchev–Trinajstić information content (AvgIpc) is 3.31. The lowest BCUT2D eigenvalue weighted by Crippen LogP contribution is -2.63. The molecule has 8 nitrogen and oxygen atoms in total. The minimum Gasteiger partial charge on any atom is -0.447 e. The van der Waals surface area contributed by atoms with Crippen molar-refractivity contribution in [1.82, 2.24) is 24.6 Å². The highest BCUT2D eigenvalue weighted by Gasteiger charge is 2.51. The van der Waals surface area contributed by atoms with E-state index in [0.29, 0.717) is 52.0 Å². The number of benzene rings is 1. The van der Waals surface area contributed by atoms with Gasteiger partial charge < -0.3 is 9.64 Å². The van der Waals surface area contributed by atoms with Crippen molar-refractivity contribution in [2.75, 3.05) is 26.2 Å². The van der Waals surface area contributed by atoms with Crippen LogP contribution < -0.4 is 0 Å². The van der Waals surface area contributed by atoms with Crippen LogP contribution in [0.3, 0.4) is 0 Å². The Morgan fingerprint density at radius 2 is 2.07 bits per heavy atom. The van der Waals surface area contributed by atoms with Crippen LogP contribution >= 0.6 is 0 Å². The zero-order valence-corrected chi connectivity index (χ0v) is 15.2. The van der Waals surface area contributed by atoms with E-state index in [1.165, 1.54) is 6.33 Å². The minimum absolute atomic E-state index is 0.113. The summed E-state index contributed by atoms with van der Waals surface area (Å²) in [6.45, 7) is 2.57. The predicted molar refractivity (Wildman–Crippen MR) is 96.8 cm³/mol. The lowest BCUT2D eigenvalue weighted by Gasteiger charge is -2.44. The molecular weight excluding hydrogens is 346 g/mol. The Kier molecular flexibility index (Phi) is 4.79. The van der Waals surface area contributed by atoms with Gasteiger partial charge in [-0.2, -0.15) is 5.10 Å². The number of hydrogen-bond acceptors (Lipinski definition) is 5. The lowest BCUT2D eigenvalue weighted by molar-refractivity contribution is -0.135. The van der Waals surface area contributed by atoms with Crippen molar-refractivity contribution >= 4 is 12.0 Å². The third-order valence-corrected chi connectivity index (χ3v) is 5.31. The molecule has 0 bridgehead atoms. The molecule has 1 aromatic heterocycles. The van der Waals surface area contributed by atoms with E-state index in [0.717, 1.165) is 5.56 Å². The van der Waals surface area contributed by atoms with E-state index in [2.05, 4.69) is 22.2 Å². The minimum atomic E-state index is -0.474. The molecule has 142 valence electrons. The molecule has 1 atom stereocenters. The van der Waals surface area contributed by atoms with Crippen LogP contribution in [-0.4, -0.2) is 68.3 Å². The number of piperazine rings is 1. The lowest BCUT2D eigenvalue weighted by atomic mass is 9.88. The molecule has 0 N–H and O–H groups in total. The number of cyclic esters (lactones) is 1. The molecule has 0 saturated carbocycles. The number of hydrogen-bond donors (Lipinski definition) is 0. The summed E-state index contributed by atoms with van der Waals surface area (Å²) in [4.78, 5) is 32.5. The van der Waals surface area contributed by atoms with Crippen molar-refractivity contribution in [2.24, 2.45) is 0 Å². The third-order valence-electron chi connectivity index (χ3n) is 5.31. The van der Waals surface area contributed by atoms with Crippen molar-refractivity contribution in [3.8, 4) is 0 Å². The Morgan fingerprint density at radius 3 is 2.85 bits per heavy atom. The first-order chi connectivity index (χ1) is 13.2. The first-order valence-corrected chi connectivity index (χ1v) is 9.25. The summed E-state index contributed by atoms with van der Waals surface area (Å²) in [5.74, 6) is 0.113. The zero-order chi connectivity index (χ0) is 18.7. The second kappa shape index (κ2) is 7.38. The van der Waals surface area contributed by atoms with E-state index < -0.39 is 5.54 Å². The quantitative estimate of drug-likeness (QED) is 0.767. The first kappa shape index (κ1) is 17.5. The van der Waals surface area contributed by atoms with Gasteiger partial charge in [-0.05, 0) is 12.0 Å². The highest BCUT2D eigenvalue weighted by Crippen LogP contribution is 2.32. The zero-order valence-electron chi connectivity index (χ0n) is 15.2. The summed E-state index contributed by atoms with van der Waals surface area (Å²) in [5.41, 5.74) is 0.666.